The number of rotatable bonds is 6. The highest BCUT2D eigenvalue weighted by Gasteiger charge is 2.12. The molecule has 0 amide bonds. The van der Waals surface area contributed by atoms with Crippen LogP contribution in [0.3, 0.4) is 0 Å². The van der Waals surface area contributed by atoms with Gasteiger partial charge in [0.05, 0.1) is 5.69 Å². The maximum absolute atomic E-state index is 12.9. The molecule has 2 rings (SSSR count). The lowest BCUT2D eigenvalue weighted by Gasteiger charge is -2.15. The molecule has 0 aliphatic carbocycles. The van der Waals surface area contributed by atoms with Crippen LogP contribution in [0.25, 0.3) is 0 Å². The first-order valence-electron chi connectivity index (χ1n) is 6.78. The lowest BCUT2D eigenvalue weighted by molar-refractivity contribution is 0.627. The highest BCUT2D eigenvalue weighted by Crippen LogP contribution is 2.27. The molecule has 108 valence electrons. The quantitative estimate of drug-likeness (QED) is 0.888. The predicted molar refractivity (Wildman–Crippen MR) is 82.5 cm³/mol. The summed E-state index contributed by atoms with van der Waals surface area (Å²) < 4.78 is 12.9. The first-order chi connectivity index (χ1) is 9.63. The molecule has 2 N–H and O–H groups in total. The molecule has 5 heteroatoms. The summed E-state index contributed by atoms with van der Waals surface area (Å²) in [5.74, 6) is -0.207. The van der Waals surface area contributed by atoms with E-state index in [-0.39, 0.29) is 5.82 Å². The normalized spacial score (nSPS) is 10.8. The molecule has 3 nitrogen and oxygen atoms in total. The zero-order valence-corrected chi connectivity index (χ0v) is 12.7. The van der Waals surface area contributed by atoms with Crippen molar-refractivity contribution in [3.05, 3.63) is 46.2 Å². The van der Waals surface area contributed by atoms with E-state index in [1.165, 1.54) is 12.1 Å². The Balaban J connectivity index is 2.12. The maximum atomic E-state index is 12.9. The SMILES string of the molecule is CCCc1nc(N(C)Cc2ccc(F)cc2)sc1CN. The third-order valence-electron chi connectivity index (χ3n) is 3.10. The molecule has 1 aromatic carbocycles. The standard InChI is InChI=1S/C15H20FN3S/c1-3-4-13-14(9-17)20-15(18-13)19(2)10-11-5-7-12(16)8-6-11/h5-8H,3-4,9-10,17H2,1-2H3. The van der Waals surface area contributed by atoms with Crippen molar-refractivity contribution in [2.75, 3.05) is 11.9 Å². The van der Waals surface area contributed by atoms with Crippen LogP contribution in [0.2, 0.25) is 0 Å². The van der Waals surface area contributed by atoms with Crippen molar-refractivity contribution in [2.45, 2.75) is 32.9 Å². The van der Waals surface area contributed by atoms with Crippen molar-refractivity contribution in [1.29, 1.82) is 0 Å². The molecule has 0 unspecified atom stereocenters. The van der Waals surface area contributed by atoms with E-state index in [1.54, 1.807) is 23.5 Å². The Kier molecular flexibility index (Phi) is 5.09. The second kappa shape index (κ2) is 6.81. The molecule has 0 aliphatic heterocycles. The van der Waals surface area contributed by atoms with E-state index in [1.807, 2.05) is 7.05 Å². The molecular weight excluding hydrogens is 273 g/mol. The number of thiazole rings is 1. The molecule has 1 aromatic heterocycles. The van der Waals surface area contributed by atoms with E-state index in [2.05, 4.69) is 16.8 Å². The van der Waals surface area contributed by atoms with Crippen LogP contribution in [0.1, 0.15) is 29.5 Å². The van der Waals surface area contributed by atoms with Crippen molar-refractivity contribution in [3.8, 4) is 0 Å². The van der Waals surface area contributed by atoms with E-state index >= 15 is 0 Å². The van der Waals surface area contributed by atoms with Gasteiger partial charge < -0.3 is 10.6 Å². The zero-order valence-electron chi connectivity index (χ0n) is 11.9. The van der Waals surface area contributed by atoms with Crippen LogP contribution in [0, 0.1) is 5.82 Å². The van der Waals surface area contributed by atoms with Crippen molar-refractivity contribution in [2.24, 2.45) is 5.73 Å². The van der Waals surface area contributed by atoms with Gasteiger partial charge in [-0.3, -0.25) is 0 Å². The Morgan fingerprint density at radius 3 is 2.60 bits per heavy atom. The molecule has 0 saturated carbocycles. The van der Waals surface area contributed by atoms with Gasteiger partial charge in [0.25, 0.3) is 0 Å². The number of anilines is 1. The van der Waals surface area contributed by atoms with Crippen LogP contribution in [0.5, 0.6) is 0 Å². The monoisotopic (exact) mass is 293 g/mol. The molecule has 0 atom stereocenters. The van der Waals surface area contributed by atoms with Gasteiger partial charge in [-0.05, 0) is 24.1 Å². The van der Waals surface area contributed by atoms with Gasteiger partial charge in [-0.1, -0.05) is 25.5 Å². The summed E-state index contributed by atoms with van der Waals surface area (Å²) in [6.45, 7) is 3.39. The van der Waals surface area contributed by atoms with Crippen molar-refractivity contribution in [1.82, 2.24) is 4.98 Å². The van der Waals surface area contributed by atoms with E-state index in [4.69, 9.17) is 5.73 Å². The Morgan fingerprint density at radius 1 is 1.30 bits per heavy atom. The van der Waals surface area contributed by atoms with Crippen molar-refractivity contribution < 1.29 is 4.39 Å². The van der Waals surface area contributed by atoms with Gasteiger partial charge in [-0.25, -0.2) is 9.37 Å². The van der Waals surface area contributed by atoms with Crippen LogP contribution in [0.4, 0.5) is 9.52 Å². The molecule has 0 fully saturated rings. The lowest BCUT2D eigenvalue weighted by Crippen LogP contribution is -2.16. The number of aryl methyl sites for hydroxylation is 1. The minimum atomic E-state index is -0.207. The lowest BCUT2D eigenvalue weighted by atomic mass is 10.2. The van der Waals surface area contributed by atoms with Crippen LogP contribution in [0.15, 0.2) is 24.3 Å². The molecule has 0 saturated heterocycles. The van der Waals surface area contributed by atoms with E-state index in [9.17, 15) is 4.39 Å². The largest absolute Gasteiger partial charge is 0.347 e. The second-order valence-electron chi connectivity index (χ2n) is 4.80. The molecule has 0 bridgehead atoms. The summed E-state index contributed by atoms with van der Waals surface area (Å²) in [5.41, 5.74) is 7.95. The summed E-state index contributed by atoms with van der Waals surface area (Å²) in [6.07, 6.45) is 2.03. The maximum Gasteiger partial charge on any atom is 0.185 e. The van der Waals surface area contributed by atoms with Crippen LogP contribution in [-0.2, 0) is 19.5 Å². The Labute approximate surface area is 123 Å². The number of hydrogen-bond acceptors (Lipinski definition) is 4. The smallest absolute Gasteiger partial charge is 0.185 e. The Bertz CT molecular complexity index is 551. The van der Waals surface area contributed by atoms with Crippen LogP contribution in [-0.4, -0.2) is 12.0 Å². The summed E-state index contributed by atoms with van der Waals surface area (Å²) in [6, 6.07) is 6.57. The number of halogens is 1. The fraction of sp³-hybridized carbons (Fsp3) is 0.400. The Morgan fingerprint density at radius 2 is 2.00 bits per heavy atom. The molecule has 0 spiro atoms. The van der Waals surface area contributed by atoms with Gasteiger partial charge in [0.1, 0.15) is 5.82 Å². The highest BCUT2D eigenvalue weighted by atomic mass is 32.1. The number of nitrogens with two attached hydrogens (primary N) is 1. The van der Waals surface area contributed by atoms with Gasteiger partial charge >= 0.3 is 0 Å². The highest BCUT2D eigenvalue weighted by molar-refractivity contribution is 7.15. The van der Waals surface area contributed by atoms with Gasteiger partial charge in [0, 0.05) is 25.0 Å². The average molecular weight is 293 g/mol. The topological polar surface area (TPSA) is 42.2 Å². The Hall–Kier alpha value is -1.46. The molecule has 0 aliphatic rings. The fourth-order valence-electron chi connectivity index (χ4n) is 2.06. The van der Waals surface area contributed by atoms with Gasteiger partial charge in [0.15, 0.2) is 5.13 Å². The fourth-order valence-corrected chi connectivity index (χ4v) is 3.00. The number of nitrogens with zero attached hydrogens (tertiary/aromatic N) is 2. The summed E-state index contributed by atoms with van der Waals surface area (Å²) in [5, 5.41) is 0.971. The predicted octanol–water partition coefficient (Wildman–Crippen LogP) is 3.33. The van der Waals surface area contributed by atoms with E-state index in [0.717, 1.165) is 34.1 Å². The first-order valence-corrected chi connectivity index (χ1v) is 7.60. The minimum absolute atomic E-state index is 0.207. The number of benzene rings is 1. The second-order valence-corrected chi connectivity index (χ2v) is 5.87. The minimum Gasteiger partial charge on any atom is -0.347 e. The summed E-state index contributed by atoms with van der Waals surface area (Å²) in [7, 11) is 2.00. The third-order valence-corrected chi connectivity index (χ3v) is 4.33. The van der Waals surface area contributed by atoms with Crippen LogP contribution < -0.4 is 10.6 Å². The first kappa shape index (κ1) is 14.9. The van der Waals surface area contributed by atoms with Gasteiger partial charge in [-0.2, -0.15) is 0 Å². The van der Waals surface area contributed by atoms with Crippen molar-refractivity contribution in [3.63, 3.8) is 0 Å². The van der Waals surface area contributed by atoms with Crippen LogP contribution >= 0.6 is 11.3 Å². The van der Waals surface area contributed by atoms with Gasteiger partial charge in [-0.15, -0.1) is 11.3 Å². The average Bonchev–Trinajstić information content (AvgIpc) is 2.85. The molecule has 1 heterocycles. The zero-order chi connectivity index (χ0) is 14.5. The molecule has 2 aromatic rings. The molecule has 0 radical (unpaired) electrons. The van der Waals surface area contributed by atoms with Crippen molar-refractivity contribution >= 4 is 16.5 Å². The molecular formula is C15H20FN3S. The third kappa shape index (κ3) is 3.55. The summed E-state index contributed by atoms with van der Waals surface area (Å²) >= 11 is 1.65. The number of aromatic nitrogens is 1. The molecule has 20 heavy (non-hydrogen) atoms. The van der Waals surface area contributed by atoms with E-state index in [0.29, 0.717) is 13.1 Å². The van der Waals surface area contributed by atoms with Gasteiger partial charge in [0.2, 0.25) is 0 Å². The summed E-state index contributed by atoms with van der Waals surface area (Å²) in [4.78, 5) is 7.91. The number of hydrogen-bond donors (Lipinski definition) is 1. The van der Waals surface area contributed by atoms with E-state index < -0.39 is 0 Å².